The van der Waals surface area contributed by atoms with Gasteiger partial charge in [0, 0.05) is 32.2 Å². The zero-order valence-corrected chi connectivity index (χ0v) is 9.75. The fourth-order valence-corrected chi connectivity index (χ4v) is 2.15. The van der Waals surface area contributed by atoms with Gasteiger partial charge in [-0.15, -0.1) is 0 Å². The number of hydrogen-bond donors (Lipinski definition) is 2. The summed E-state index contributed by atoms with van der Waals surface area (Å²) in [5.41, 5.74) is 6.66. The molecular weight excluding hydrogens is 216 g/mol. The lowest BCUT2D eigenvalue weighted by atomic mass is 9.93. The Labute approximate surface area is 101 Å². The first kappa shape index (κ1) is 12.1. The molecule has 4 heteroatoms. The number of aliphatic hydroxyl groups is 1. The van der Waals surface area contributed by atoms with Crippen molar-refractivity contribution in [3.05, 3.63) is 35.9 Å². The molecule has 1 fully saturated rings. The van der Waals surface area contributed by atoms with E-state index in [1.54, 1.807) is 4.90 Å². The van der Waals surface area contributed by atoms with Crippen molar-refractivity contribution in [1.29, 1.82) is 0 Å². The molecule has 1 amide bonds. The van der Waals surface area contributed by atoms with Crippen LogP contribution >= 0.6 is 0 Å². The Morgan fingerprint density at radius 2 is 2.06 bits per heavy atom. The van der Waals surface area contributed by atoms with Gasteiger partial charge in [0.2, 0.25) is 5.91 Å². The predicted octanol–water partition coefficient (Wildman–Crippen LogP) is 0.180. The molecule has 2 rings (SSSR count). The highest BCUT2D eigenvalue weighted by Crippen LogP contribution is 2.23. The van der Waals surface area contributed by atoms with Crippen molar-refractivity contribution in [1.82, 2.24) is 4.90 Å². The summed E-state index contributed by atoms with van der Waals surface area (Å²) < 4.78 is 0. The summed E-state index contributed by atoms with van der Waals surface area (Å²) in [5.74, 6) is 0.0624. The average Bonchev–Trinajstić information content (AvgIpc) is 2.30. The lowest BCUT2D eigenvalue weighted by molar-refractivity contribution is -0.139. The molecular formula is C13H18N2O2. The van der Waals surface area contributed by atoms with Gasteiger partial charge in [-0.05, 0) is 5.56 Å². The first-order chi connectivity index (χ1) is 8.26. The summed E-state index contributed by atoms with van der Waals surface area (Å²) in [6.45, 7) is 1.78. The van der Waals surface area contributed by atoms with Crippen molar-refractivity contribution in [2.75, 3.05) is 26.2 Å². The molecule has 1 aliphatic heterocycles. The number of likely N-dealkylation sites (tertiary alicyclic amines) is 1. The van der Waals surface area contributed by atoms with Crippen molar-refractivity contribution in [3.63, 3.8) is 0 Å². The minimum absolute atomic E-state index is 0.0726. The van der Waals surface area contributed by atoms with Crippen molar-refractivity contribution in [2.45, 2.75) is 5.92 Å². The maximum Gasteiger partial charge on any atom is 0.231 e. The van der Waals surface area contributed by atoms with Gasteiger partial charge in [0.1, 0.15) is 0 Å². The van der Waals surface area contributed by atoms with Crippen LogP contribution < -0.4 is 5.73 Å². The lowest BCUT2D eigenvalue weighted by Crippen LogP contribution is -2.53. The zero-order chi connectivity index (χ0) is 12.3. The van der Waals surface area contributed by atoms with Crippen LogP contribution in [0.5, 0.6) is 0 Å². The van der Waals surface area contributed by atoms with E-state index in [2.05, 4.69) is 0 Å². The van der Waals surface area contributed by atoms with Crippen LogP contribution in [-0.2, 0) is 4.79 Å². The van der Waals surface area contributed by atoms with E-state index in [-0.39, 0.29) is 24.3 Å². The Morgan fingerprint density at radius 1 is 1.41 bits per heavy atom. The number of rotatable bonds is 4. The highest BCUT2D eigenvalue weighted by molar-refractivity contribution is 5.84. The van der Waals surface area contributed by atoms with Gasteiger partial charge in [-0.25, -0.2) is 0 Å². The maximum atomic E-state index is 12.2. The van der Waals surface area contributed by atoms with Gasteiger partial charge in [0.25, 0.3) is 0 Å². The topological polar surface area (TPSA) is 66.6 Å². The summed E-state index contributed by atoms with van der Waals surface area (Å²) >= 11 is 0. The second-order valence-electron chi connectivity index (χ2n) is 4.49. The van der Waals surface area contributed by atoms with E-state index in [1.165, 1.54) is 0 Å². The van der Waals surface area contributed by atoms with Crippen LogP contribution in [-0.4, -0.2) is 42.2 Å². The van der Waals surface area contributed by atoms with Gasteiger partial charge in [0.05, 0.1) is 5.92 Å². The molecule has 1 saturated heterocycles. The molecule has 1 aliphatic rings. The predicted molar refractivity (Wildman–Crippen MR) is 65.4 cm³/mol. The molecule has 0 aromatic heterocycles. The van der Waals surface area contributed by atoms with Gasteiger partial charge >= 0.3 is 0 Å². The summed E-state index contributed by atoms with van der Waals surface area (Å²) in [6.07, 6.45) is 0. The number of aliphatic hydroxyl groups excluding tert-OH is 1. The van der Waals surface area contributed by atoms with Crippen LogP contribution in [0.4, 0.5) is 0 Å². The number of amides is 1. The maximum absolute atomic E-state index is 12.2. The van der Waals surface area contributed by atoms with Crippen LogP contribution in [0.15, 0.2) is 30.3 Å². The second kappa shape index (κ2) is 5.29. The Kier molecular flexibility index (Phi) is 3.76. The van der Waals surface area contributed by atoms with Gasteiger partial charge in [0.15, 0.2) is 0 Å². The van der Waals surface area contributed by atoms with Crippen LogP contribution in [0.25, 0.3) is 0 Å². The molecule has 0 spiro atoms. The molecule has 4 nitrogen and oxygen atoms in total. The van der Waals surface area contributed by atoms with E-state index in [9.17, 15) is 4.79 Å². The van der Waals surface area contributed by atoms with Gasteiger partial charge in [-0.2, -0.15) is 0 Å². The van der Waals surface area contributed by atoms with E-state index in [0.29, 0.717) is 19.6 Å². The molecule has 17 heavy (non-hydrogen) atoms. The van der Waals surface area contributed by atoms with Crippen molar-refractivity contribution < 1.29 is 9.90 Å². The third-order valence-electron chi connectivity index (χ3n) is 3.26. The summed E-state index contributed by atoms with van der Waals surface area (Å²) in [6, 6.07) is 9.61. The Balaban J connectivity index is 2.02. The van der Waals surface area contributed by atoms with E-state index < -0.39 is 0 Å². The summed E-state index contributed by atoms with van der Waals surface area (Å²) in [4.78, 5) is 14.0. The Morgan fingerprint density at radius 3 is 2.59 bits per heavy atom. The minimum Gasteiger partial charge on any atom is -0.396 e. The first-order valence-corrected chi connectivity index (χ1v) is 5.91. The molecule has 1 heterocycles. The number of carbonyl (C=O) groups excluding carboxylic acids is 1. The van der Waals surface area contributed by atoms with E-state index in [1.807, 2.05) is 30.3 Å². The molecule has 3 N–H and O–H groups in total. The second-order valence-corrected chi connectivity index (χ2v) is 4.49. The molecule has 0 bridgehead atoms. The van der Waals surface area contributed by atoms with Crippen LogP contribution in [0, 0.1) is 5.92 Å². The lowest BCUT2D eigenvalue weighted by Gasteiger charge is -2.40. The summed E-state index contributed by atoms with van der Waals surface area (Å²) in [5, 5.41) is 8.94. The minimum atomic E-state index is -0.254. The average molecular weight is 234 g/mol. The van der Waals surface area contributed by atoms with Crippen molar-refractivity contribution in [2.24, 2.45) is 11.7 Å². The molecule has 0 saturated carbocycles. The standard InChI is InChI=1S/C13H18N2O2/c14-6-12(11-4-2-1-3-5-11)13(17)15-7-10(8-15)9-16/h1-5,10,12,16H,6-9,14H2. The molecule has 0 aliphatic carbocycles. The molecule has 1 aromatic rings. The number of nitrogens with zero attached hydrogens (tertiary/aromatic N) is 1. The molecule has 0 radical (unpaired) electrons. The monoisotopic (exact) mass is 234 g/mol. The van der Waals surface area contributed by atoms with E-state index >= 15 is 0 Å². The molecule has 92 valence electrons. The quantitative estimate of drug-likeness (QED) is 0.781. The first-order valence-electron chi connectivity index (χ1n) is 5.91. The van der Waals surface area contributed by atoms with Crippen LogP contribution in [0.1, 0.15) is 11.5 Å². The van der Waals surface area contributed by atoms with Crippen LogP contribution in [0.3, 0.4) is 0 Å². The van der Waals surface area contributed by atoms with E-state index in [4.69, 9.17) is 10.8 Å². The van der Waals surface area contributed by atoms with E-state index in [0.717, 1.165) is 5.56 Å². The van der Waals surface area contributed by atoms with Gasteiger partial charge in [-0.1, -0.05) is 30.3 Å². The van der Waals surface area contributed by atoms with Crippen LogP contribution in [0.2, 0.25) is 0 Å². The molecule has 1 atom stereocenters. The fraction of sp³-hybridized carbons (Fsp3) is 0.462. The number of nitrogens with two attached hydrogens (primary N) is 1. The van der Waals surface area contributed by atoms with Gasteiger partial charge < -0.3 is 15.7 Å². The molecule has 1 aromatic carbocycles. The Bertz CT molecular complexity index is 374. The third-order valence-corrected chi connectivity index (χ3v) is 3.26. The van der Waals surface area contributed by atoms with Gasteiger partial charge in [-0.3, -0.25) is 4.79 Å². The normalized spacial score (nSPS) is 17.6. The highest BCUT2D eigenvalue weighted by Gasteiger charge is 2.33. The van der Waals surface area contributed by atoms with Crippen molar-refractivity contribution >= 4 is 5.91 Å². The zero-order valence-electron chi connectivity index (χ0n) is 9.75. The number of hydrogen-bond acceptors (Lipinski definition) is 3. The smallest absolute Gasteiger partial charge is 0.231 e. The third kappa shape index (κ3) is 2.48. The Hall–Kier alpha value is -1.39. The largest absolute Gasteiger partial charge is 0.396 e. The number of carbonyl (C=O) groups is 1. The highest BCUT2D eigenvalue weighted by atomic mass is 16.3. The van der Waals surface area contributed by atoms with Crippen molar-refractivity contribution in [3.8, 4) is 0 Å². The summed E-state index contributed by atoms with van der Waals surface area (Å²) in [7, 11) is 0. The molecule has 1 unspecified atom stereocenters. The SMILES string of the molecule is NCC(C(=O)N1CC(CO)C1)c1ccccc1. The number of benzene rings is 1. The fourth-order valence-electron chi connectivity index (χ4n) is 2.15.